The number of rotatable bonds is 4. The number of benzene rings is 1. The molecular formula is C10H12Cl2O2. The lowest BCUT2D eigenvalue weighted by Gasteiger charge is -2.14. The Morgan fingerprint density at radius 2 is 2.14 bits per heavy atom. The van der Waals surface area contributed by atoms with Crippen LogP contribution in [0.1, 0.15) is 13.3 Å². The standard InChI is InChI=1S/C10H12Cl2O2/c1-7(5-6-13)14-9-4-2-3-8(11)10(9)12/h2-4,7,13H,5-6H2,1H3. The summed E-state index contributed by atoms with van der Waals surface area (Å²) in [6, 6.07) is 5.23. The second kappa shape index (κ2) is 5.44. The highest BCUT2D eigenvalue weighted by molar-refractivity contribution is 6.42. The van der Waals surface area contributed by atoms with Crippen molar-refractivity contribution < 1.29 is 9.84 Å². The first-order chi connectivity index (χ1) is 6.65. The molecule has 0 radical (unpaired) electrons. The molecule has 1 rings (SSSR count). The van der Waals surface area contributed by atoms with Crippen LogP contribution in [0.4, 0.5) is 0 Å². The van der Waals surface area contributed by atoms with Crippen LogP contribution in [-0.4, -0.2) is 17.8 Å². The second-order valence-electron chi connectivity index (χ2n) is 2.99. The SMILES string of the molecule is CC(CCO)Oc1cccc(Cl)c1Cl. The third-order valence-electron chi connectivity index (χ3n) is 1.78. The van der Waals surface area contributed by atoms with Crippen molar-refractivity contribution in [3.05, 3.63) is 28.2 Å². The van der Waals surface area contributed by atoms with E-state index in [0.29, 0.717) is 22.2 Å². The number of ether oxygens (including phenoxy) is 1. The number of aliphatic hydroxyl groups excluding tert-OH is 1. The molecule has 1 N–H and O–H groups in total. The summed E-state index contributed by atoms with van der Waals surface area (Å²) in [7, 11) is 0. The Morgan fingerprint density at radius 3 is 2.79 bits per heavy atom. The topological polar surface area (TPSA) is 29.5 Å². The Labute approximate surface area is 93.4 Å². The fourth-order valence-electron chi connectivity index (χ4n) is 1.03. The van der Waals surface area contributed by atoms with Crippen LogP contribution in [0.25, 0.3) is 0 Å². The van der Waals surface area contributed by atoms with Gasteiger partial charge in [-0.3, -0.25) is 0 Å². The molecule has 4 heteroatoms. The van der Waals surface area contributed by atoms with Gasteiger partial charge in [0.05, 0.1) is 11.1 Å². The van der Waals surface area contributed by atoms with E-state index in [1.54, 1.807) is 18.2 Å². The Bertz CT molecular complexity index is 302. The lowest BCUT2D eigenvalue weighted by Crippen LogP contribution is -2.13. The largest absolute Gasteiger partial charge is 0.489 e. The van der Waals surface area contributed by atoms with Crippen LogP contribution >= 0.6 is 23.2 Å². The van der Waals surface area contributed by atoms with Gasteiger partial charge in [-0.05, 0) is 19.1 Å². The van der Waals surface area contributed by atoms with E-state index >= 15 is 0 Å². The van der Waals surface area contributed by atoms with Crippen LogP contribution in [-0.2, 0) is 0 Å². The molecule has 1 aromatic rings. The first-order valence-electron chi connectivity index (χ1n) is 4.36. The predicted octanol–water partition coefficient (Wildman–Crippen LogP) is 3.14. The van der Waals surface area contributed by atoms with Crippen LogP contribution in [0.5, 0.6) is 5.75 Å². The summed E-state index contributed by atoms with van der Waals surface area (Å²) in [5.74, 6) is 0.556. The van der Waals surface area contributed by atoms with Crippen LogP contribution in [0.3, 0.4) is 0 Å². The normalized spacial score (nSPS) is 12.6. The maximum Gasteiger partial charge on any atom is 0.139 e. The van der Waals surface area contributed by atoms with Gasteiger partial charge in [-0.25, -0.2) is 0 Å². The third kappa shape index (κ3) is 3.05. The molecule has 0 bridgehead atoms. The minimum atomic E-state index is -0.0732. The molecule has 0 fully saturated rings. The first-order valence-corrected chi connectivity index (χ1v) is 5.12. The van der Waals surface area contributed by atoms with Gasteiger partial charge in [-0.2, -0.15) is 0 Å². The van der Waals surface area contributed by atoms with Crippen molar-refractivity contribution in [2.24, 2.45) is 0 Å². The minimum Gasteiger partial charge on any atom is -0.489 e. The van der Waals surface area contributed by atoms with Gasteiger partial charge in [0.1, 0.15) is 10.8 Å². The summed E-state index contributed by atoms with van der Waals surface area (Å²) in [4.78, 5) is 0. The molecule has 0 saturated heterocycles. The summed E-state index contributed by atoms with van der Waals surface area (Å²) in [6.07, 6.45) is 0.499. The fraction of sp³-hybridized carbons (Fsp3) is 0.400. The zero-order valence-corrected chi connectivity index (χ0v) is 9.35. The Balaban J connectivity index is 2.71. The van der Waals surface area contributed by atoms with Crippen molar-refractivity contribution in [1.29, 1.82) is 0 Å². The van der Waals surface area contributed by atoms with Crippen LogP contribution in [0.15, 0.2) is 18.2 Å². The van der Waals surface area contributed by atoms with Gasteiger partial charge in [0.2, 0.25) is 0 Å². The highest BCUT2D eigenvalue weighted by atomic mass is 35.5. The number of halogens is 2. The highest BCUT2D eigenvalue weighted by Crippen LogP contribution is 2.32. The number of hydrogen-bond acceptors (Lipinski definition) is 2. The van der Waals surface area contributed by atoms with Crippen molar-refractivity contribution in [1.82, 2.24) is 0 Å². The van der Waals surface area contributed by atoms with Crippen molar-refractivity contribution in [3.63, 3.8) is 0 Å². The van der Waals surface area contributed by atoms with Crippen LogP contribution < -0.4 is 4.74 Å². The summed E-state index contributed by atoms with van der Waals surface area (Å²) >= 11 is 11.7. The van der Waals surface area contributed by atoms with Gasteiger partial charge >= 0.3 is 0 Å². The molecule has 0 saturated carbocycles. The average Bonchev–Trinajstić information content (AvgIpc) is 2.13. The highest BCUT2D eigenvalue weighted by Gasteiger charge is 2.08. The summed E-state index contributed by atoms with van der Waals surface area (Å²) in [5.41, 5.74) is 0. The van der Waals surface area contributed by atoms with Gasteiger partial charge < -0.3 is 9.84 Å². The van der Waals surface area contributed by atoms with E-state index in [1.165, 1.54) is 0 Å². The summed E-state index contributed by atoms with van der Waals surface area (Å²) < 4.78 is 5.49. The van der Waals surface area contributed by atoms with Gasteiger partial charge in [0.25, 0.3) is 0 Å². The number of aliphatic hydroxyl groups is 1. The van der Waals surface area contributed by atoms with Crippen LogP contribution in [0.2, 0.25) is 10.0 Å². The van der Waals surface area contributed by atoms with Gasteiger partial charge in [-0.1, -0.05) is 29.3 Å². The molecule has 14 heavy (non-hydrogen) atoms. The average molecular weight is 235 g/mol. The zero-order chi connectivity index (χ0) is 10.6. The Hall–Kier alpha value is -0.440. The van der Waals surface area contributed by atoms with E-state index in [1.807, 2.05) is 6.92 Å². The second-order valence-corrected chi connectivity index (χ2v) is 3.78. The molecule has 78 valence electrons. The Morgan fingerprint density at radius 1 is 1.43 bits per heavy atom. The maximum absolute atomic E-state index is 8.70. The van der Waals surface area contributed by atoms with Gasteiger partial charge in [0.15, 0.2) is 0 Å². The third-order valence-corrected chi connectivity index (χ3v) is 2.58. The molecular weight excluding hydrogens is 223 g/mol. The van der Waals surface area contributed by atoms with Crippen LogP contribution in [0, 0.1) is 0 Å². The smallest absolute Gasteiger partial charge is 0.139 e. The van der Waals surface area contributed by atoms with Crippen molar-refractivity contribution >= 4 is 23.2 Å². The van der Waals surface area contributed by atoms with E-state index in [9.17, 15) is 0 Å². The number of hydrogen-bond donors (Lipinski definition) is 1. The van der Waals surface area contributed by atoms with Gasteiger partial charge in [-0.15, -0.1) is 0 Å². The van der Waals surface area contributed by atoms with E-state index in [0.717, 1.165) is 0 Å². The van der Waals surface area contributed by atoms with E-state index in [2.05, 4.69) is 0 Å². The maximum atomic E-state index is 8.70. The molecule has 0 spiro atoms. The first kappa shape index (κ1) is 11.6. The van der Waals surface area contributed by atoms with E-state index < -0.39 is 0 Å². The minimum absolute atomic E-state index is 0.0732. The molecule has 0 aliphatic heterocycles. The molecule has 0 aliphatic carbocycles. The van der Waals surface area contributed by atoms with E-state index in [4.69, 9.17) is 33.0 Å². The summed E-state index contributed by atoms with van der Waals surface area (Å²) in [5, 5.41) is 9.59. The lowest BCUT2D eigenvalue weighted by molar-refractivity contribution is 0.169. The molecule has 0 aromatic heterocycles. The molecule has 1 aromatic carbocycles. The monoisotopic (exact) mass is 234 g/mol. The zero-order valence-electron chi connectivity index (χ0n) is 7.84. The molecule has 1 atom stereocenters. The van der Waals surface area contributed by atoms with Crippen molar-refractivity contribution in [2.75, 3.05) is 6.61 Å². The molecule has 0 heterocycles. The summed E-state index contributed by atoms with van der Waals surface area (Å²) in [6.45, 7) is 1.97. The quantitative estimate of drug-likeness (QED) is 0.868. The van der Waals surface area contributed by atoms with Crippen molar-refractivity contribution in [3.8, 4) is 5.75 Å². The fourth-order valence-corrected chi connectivity index (χ4v) is 1.37. The van der Waals surface area contributed by atoms with Crippen molar-refractivity contribution in [2.45, 2.75) is 19.4 Å². The van der Waals surface area contributed by atoms with Gasteiger partial charge in [0, 0.05) is 13.0 Å². The molecule has 0 aliphatic rings. The van der Waals surface area contributed by atoms with E-state index in [-0.39, 0.29) is 12.7 Å². The predicted molar refractivity (Wildman–Crippen MR) is 58.3 cm³/mol. The molecule has 2 nitrogen and oxygen atoms in total. The molecule has 0 amide bonds. The Kier molecular flexibility index (Phi) is 4.52. The lowest BCUT2D eigenvalue weighted by atomic mass is 10.3. The molecule has 1 unspecified atom stereocenters.